The smallest absolute Gasteiger partial charge is 0.0319 e. The molecule has 0 radical (unpaired) electrons. The number of aliphatic hydroxyl groups excluding tert-OH is 1. The molecule has 1 heterocycles. The molecule has 0 saturated carbocycles. The molecule has 1 aliphatic rings. The van der Waals surface area contributed by atoms with Crippen LogP contribution in [-0.4, -0.2) is 31.3 Å². The van der Waals surface area contributed by atoms with E-state index in [4.69, 9.17) is 10.8 Å². The topological polar surface area (TPSA) is 58.3 Å². The van der Waals surface area contributed by atoms with E-state index in [1.54, 1.807) is 0 Å². The predicted octanol–water partition coefficient (Wildman–Crippen LogP) is 0.0858. The second-order valence-electron chi connectivity index (χ2n) is 2.72. The van der Waals surface area contributed by atoms with Crippen LogP contribution >= 0.6 is 0 Å². The Morgan fingerprint density at radius 1 is 1.55 bits per heavy atom. The molecule has 3 nitrogen and oxygen atoms in total. The van der Waals surface area contributed by atoms with Crippen molar-refractivity contribution in [1.82, 2.24) is 5.32 Å². The van der Waals surface area contributed by atoms with Crippen molar-refractivity contribution in [1.29, 1.82) is 0 Å². The molecule has 1 saturated heterocycles. The number of hydrogen-bond acceptors (Lipinski definition) is 3. The Balaban J connectivity index is 0.000000461. The maximum absolute atomic E-state index is 7.00. The van der Waals surface area contributed by atoms with Crippen molar-refractivity contribution in [3.8, 4) is 0 Å². The summed E-state index contributed by atoms with van der Waals surface area (Å²) in [6.07, 6.45) is 5.17. The molecule has 11 heavy (non-hydrogen) atoms. The normalized spacial score (nSPS) is 22.6. The number of aliphatic hydroxyl groups is 1. The van der Waals surface area contributed by atoms with Crippen LogP contribution in [0.25, 0.3) is 0 Å². The summed E-state index contributed by atoms with van der Waals surface area (Å²) in [5, 5.41) is 10.4. The molecule has 1 rings (SSSR count). The molecule has 1 aliphatic heterocycles. The van der Waals surface area contributed by atoms with Crippen LogP contribution in [0.3, 0.4) is 0 Å². The van der Waals surface area contributed by atoms with Gasteiger partial charge in [0.1, 0.15) is 0 Å². The van der Waals surface area contributed by atoms with Crippen molar-refractivity contribution in [3.05, 3.63) is 0 Å². The maximum atomic E-state index is 7.00. The fourth-order valence-corrected chi connectivity index (χ4v) is 1.37. The Morgan fingerprint density at radius 2 is 2.27 bits per heavy atom. The van der Waals surface area contributed by atoms with E-state index in [9.17, 15) is 0 Å². The van der Waals surface area contributed by atoms with E-state index >= 15 is 0 Å². The zero-order valence-corrected chi connectivity index (χ0v) is 7.34. The molecular weight excluding hydrogens is 140 g/mol. The summed E-state index contributed by atoms with van der Waals surface area (Å²) in [6.45, 7) is 2.06. The highest BCUT2D eigenvalue weighted by molar-refractivity contribution is 4.73. The first-order chi connectivity index (χ1) is 5.43. The zero-order chi connectivity index (χ0) is 8.53. The Bertz CT molecular complexity index is 72.5. The molecule has 0 aromatic heterocycles. The molecule has 1 fully saturated rings. The van der Waals surface area contributed by atoms with Crippen LogP contribution in [0, 0.1) is 0 Å². The van der Waals surface area contributed by atoms with Crippen LogP contribution in [0.5, 0.6) is 0 Å². The summed E-state index contributed by atoms with van der Waals surface area (Å²) in [6, 6.07) is 0.786. The minimum Gasteiger partial charge on any atom is -0.400 e. The van der Waals surface area contributed by atoms with E-state index in [-0.39, 0.29) is 0 Å². The minimum atomic E-state index is 0.786. The molecule has 0 amide bonds. The van der Waals surface area contributed by atoms with E-state index in [1.807, 2.05) is 0 Å². The van der Waals surface area contributed by atoms with Gasteiger partial charge in [-0.2, -0.15) is 0 Å². The van der Waals surface area contributed by atoms with Gasteiger partial charge in [-0.25, -0.2) is 0 Å². The summed E-state index contributed by atoms with van der Waals surface area (Å²) >= 11 is 0. The third kappa shape index (κ3) is 5.18. The first-order valence-electron chi connectivity index (χ1n) is 4.31. The number of hydrogen-bond donors (Lipinski definition) is 3. The van der Waals surface area contributed by atoms with Crippen LogP contribution in [0.15, 0.2) is 0 Å². The summed E-state index contributed by atoms with van der Waals surface area (Å²) < 4.78 is 0. The van der Waals surface area contributed by atoms with Gasteiger partial charge in [0.2, 0.25) is 0 Å². The molecule has 0 aromatic rings. The highest BCUT2D eigenvalue weighted by Gasteiger charge is 2.11. The van der Waals surface area contributed by atoms with Crippen molar-refractivity contribution in [2.45, 2.75) is 31.7 Å². The zero-order valence-electron chi connectivity index (χ0n) is 7.34. The average Bonchev–Trinajstić information content (AvgIpc) is 2.57. The Labute approximate surface area is 69.0 Å². The average molecular weight is 160 g/mol. The second-order valence-corrected chi connectivity index (χ2v) is 2.72. The maximum Gasteiger partial charge on any atom is 0.0319 e. The quantitative estimate of drug-likeness (QED) is 0.548. The van der Waals surface area contributed by atoms with Crippen molar-refractivity contribution in [2.24, 2.45) is 5.73 Å². The van der Waals surface area contributed by atoms with Crippen molar-refractivity contribution < 1.29 is 5.11 Å². The molecule has 0 bridgehead atoms. The van der Waals surface area contributed by atoms with Gasteiger partial charge in [0.25, 0.3) is 0 Å². The van der Waals surface area contributed by atoms with E-state index < -0.39 is 0 Å². The summed E-state index contributed by atoms with van der Waals surface area (Å²) in [4.78, 5) is 0. The molecule has 1 unspecified atom stereocenters. The largest absolute Gasteiger partial charge is 0.400 e. The van der Waals surface area contributed by atoms with Crippen molar-refractivity contribution in [2.75, 3.05) is 20.2 Å². The molecule has 0 aliphatic carbocycles. The van der Waals surface area contributed by atoms with Crippen molar-refractivity contribution in [3.63, 3.8) is 0 Å². The van der Waals surface area contributed by atoms with E-state index in [0.29, 0.717) is 0 Å². The lowest BCUT2D eigenvalue weighted by molar-refractivity contribution is 0.399. The first-order valence-corrected chi connectivity index (χ1v) is 4.31. The van der Waals surface area contributed by atoms with Gasteiger partial charge in [0.05, 0.1) is 0 Å². The second kappa shape index (κ2) is 7.98. The Morgan fingerprint density at radius 3 is 2.73 bits per heavy atom. The highest BCUT2D eigenvalue weighted by atomic mass is 16.2. The monoisotopic (exact) mass is 160 g/mol. The molecule has 0 spiro atoms. The Kier molecular flexibility index (Phi) is 7.89. The molecule has 3 heteroatoms. The van der Waals surface area contributed by atoms with Crippen LogP contribution in [0.1, 0.15) is 25.7 Å². The van der Waals surface area contributed by atoms with Gasteiger partial charge in [-0.3, -0.25) is 0 Å². The van der Waals surface area contributed by atoms with Gasteiger partial charge < -0.3 is 16.2 Å². The van der Waals surface area contributed by atoms with Crippen LogP contribution in [-0.2, 0) is 0 Å². The van der Waals surface area contributed by atoms with E-state index in [1.165, 1.54) is 32.2 Å². The van der Waals surface area contributed by atoms with Gasteiger partial charge in [0, 0.05) is 13.2 Å². The van der Waals surface area contributed by atoms with Crippen molar-refractivity contribution >= 4 is 0 Å². The molecule has 68 valence electrons. The van der Waals surface area contributed by atoms with Crippen LogP contribution < -0.4 is 11.1 Å². The van der Waals surface area contributed by atoms with Gasteiger partial charge in [-0.05, 0) is 38.8 Å². The third-order valence-electron chi connectivity index (χ3n) is 1.92. The summed E-state index contributed by atoms with van der Waals surface area (Å²) in [7, 11) is 1.00. The number of rotatable bonds is 3. The lowest BCUT2D eigenvalue weighted by atomic mass is 10.1. The SMILES string of the molecule is CO.NCCCC1CCCN1. The molecule has 1 atom stereocenters. The van der Waals surface area contributed by atoms with Gasteiger partial charge in [0.15, 0.2) is 0 Å². The minimum absolute atomic E-state index is 0.786. The lowest BCUT2D eigenvalue weighted by Crippen LogP contribution is -2.21. The van der Waals surface area contributed by atoms with E-state index in [0.717, 1.165) is 19.7 Å². The molecular formula is C8H20N2O. The summed E-state index contributed by atoms with van der Waals surface area (Å²) in [5.41, 5.74) is 5.38. The van der Waals surface area contributed by atoms with Crippen LogP contribution in [0.4, 0.5) is 0 Å². The molecule has 4 N–H and O–H groups in total. The lowest BCUT2D eigenvalue weighted by Gasteiger charge is -2.06. The highest BCUT2D eigenvalue weighted by Crippen LogP contribution is 2.09. The number of nitrogens with two attached hydrogens (primary N) is 1. The van der Waals surface area contributed by atoms with Gasteiger partial charge >= 0.3 is 0 Å². The Hall–Kier alpha value is -0.120. The predicted molar refractivity (Wildman–Crippen MR) is 47.5 cm³/mol. The third-order valence-corrected chi connectivity index (χ3v) is 1.92. The number of nitrogens with one attached hydrogen (secondary N) is 1. The van der Waals surface area contributed by atoms with Crippen LogP contribution in [0.2, 0.25) is 0 Å². The van der Waals surface area contributed by atoms with Gasteiger partial charge in [-0.1, -0.05) is 0 Å². The van der Waals surface area contributed by atoms with Gasteiger partial charge in [-0.15, -0.1) is 0 Å². The first kappa shape index (κ1) is 10.9. The molecule has 0 aromatic carbocycles. The fourth-order valence-electron chi connectivity index (χ4n) is 1.37. The summed E-state index contributed by atoms with van der Waals surface area (Å²) in [5.74, 6) is 0. The standard InChI is InChI=1S/C7H16N2.CH4O/c8-5-1-3-7-4-2-6-9-7;1-2/h7,9H,1-6,8H2;2H,1H3. The fraction of sp³-hybridized carbons (Fsp3) is 1.00. The van der Waals surface area contributed by atoms with E-state index in [2.05, 4.69) is 5.32 Å².